The van der Waals surface area contributed by atoms with E-state index in [1.165, 1.54) is 10.1 Å². The second kappa shape index (κ2) is 3.39. The molecule has 1 saturated heterocycles. The van der Waals surface area contributed by atoms with Gasteiger partial charge < -0.3 is 9.31 Å². The Labute approximate surface area is 86.6 Å². The Morgan fingerprint density at radius 1 is 1.14 bits per heavy atom. The molecule has 0 atom stereocenters. The summed E-state index contributed by atoms with van der Waals surface area (Å²) in [5.41, 5.74) is 1.12. The summed E-state index contributed by atoms with van der Waals surface area (Å²) in [7, 11) is -0.153. The molecular formula is C10H9BO2S. The van der Waals surface area contributed by atoms with Crippen LogP contribution in [0, 0.1) is 0 Å². The van der Waals surface area contributed by atoms with Crippen molar-refractivity contribution >= 4 is 34.0 Å². The molecule has 0 aliphatic carbocycles. The van der Waals surface area contributed by atoms with Crippen LogP contribution in [0.3, 0.4) is 0 Å². The van der Waals surface area contributed by atoms with Crippen LogP contribution >= 0.6 is 11.3 Å². The standard InChI is InChI=1S/C10H9BO2S/c1-2-10-8(3-6-14-10)7-9(1)11-12-4-5-13-11/h1-3,6-7H,4-5H2. The van der Waals surface area contributed by atoms with Gasteiger partial charge in [-0.05, 0) is 28.4 Å². The van der Waals surface area contributed by atoms with Crippen LogP contribution in [-0.4, -0.2) is 20.3 Å². The maximum absolute atomic E-state index is 5.45. The van der Waals surface area contributed by atoms with Crippen LogP contribution < -0.4 is 5.46 Å². The van der Waals surface area contributed by atoms with E-state index in [9.17, 15) is 0 Å². The van der Waals surface area contributed by atoms with Gasteiger partial charge in [-0.2, -0.15) is 0 Å². The van der Waals surface area contributed by atoms with E-state index in [1.807, 2.05) is 0 Å². The zero-order chi connectivity index (χ0) is 9.38. The lowest BCUT2D eigenvalue weighted by Gasteiger charge is -2.03. The van der Waals surface area contributed by atoms with Crippen molar-refractivity contribution in [1.82, 2.24) is 0 Å². The average molecular weight is 204 g/mol. The molecule has 1 aliphatic heterocycles. The largest absolute Gasteiger partial charge is 0.494 e. The summed E-state index contributed by atoms with van der Waals surface area (Å²) in [6.45, 7) is 1.40. The van der Waals surface area contributed by atoms with E-state index < -0.39 is 0 Å². The van der Waals surface area contributed by atoms with Crippen molar-refractivity contribution in [2.75, 3.05) is 13.2 Å². The second-order valence-electron chi connectivity index (χ2n) is 3.29. The molecule has 0 N–H and O–H groups in total. The van der Waals surface area contributed by atoms with Crippen molar-refractivity contribution in [2.45, 2.75) is 0 Å². The Balaban J connectivity index is 2.04. The predicted octanol–water partition coefficient (Wildman–Crippen LogP) is 1.64. The van der Waals surface area contributed by atoms with Crippen LogP contribution in [0.4, 0.5) is 0 Å². The molecule has 2 nitrogen and oxygen atoms in total. The van der Waals surface area contributed by atoms with Gasteiger partial charge in [0, 0.05) is 4.70 Å². The summed E-state index contributed by atoms with van der Waals surface area (Å²) in [4.78, 5) is 0. The minimum Gasteiger partial charge on any atom is -0.405 e. The van der Waals surface area contributed by atoms with Crippen LogP contribution in [0.1, 0.15) is 0 Å². The van der Waals surface area contributed by atoms with Gasteiger partial charge in [0.15, 0.2) is 0 Å². The van der Waals surface area contributed by atoms with Gasteiger partial charge in [0.1, 0.15) is 0 Å². The molecule has 70 valence electrons. The highest BCUT2D eigenvalue weighted by Gasteiger charge is 2.25. The molecule has 0 amide bonds. The molecule has 2 heterocycles. The fourth-order valence-corrected chi connectivity index (χ4v) is 2.45. The Kier molecular flexibility index (Phi) is 2.05. The van der Waals surface area contributed by atoms with Gasteiger partial charge in [0.25, 0.3) is 0 Å². The topological polar surface area (TPSA) is 18.5 Å². The molecule has 0 bridgehead atoms. The minimum atomic E-state index is -0.153. The highest BCUT2D eigenvalue weighted by Crippen LogP contribution is 2.19. The van der Waals surface area contributed by atoms with E-state index >= 15 is 0 Å². The molecule has 0 spiro atoms. The third-order valence-electron chi connectivity index (χ3n) is 2.37. The summed E-state index contributed by atoms with van der Waals surface area (Å²) in [6.07, 6.45) is 0. The molecule has 0 saturated carbocycles. The van der Waals surface area contributed by atoms with Gasteiger partial charge in [-0.3, -0.25) is 0 Å². The third kappa shape index (κ3) is 1.36. The molecule has 2 aromatic rings. The smallest absolute Gasteiger partial charge is 0.405 e. The Morgan fingerprint density at radius 3 is 2.86 bits per heavy atom. The van der Waals surface area contributed by atoms with Gasteiger partial charge in [0.05, 0.1) is 13.2 Å². The van der Waals surface area contributed by atoms with Gasteiger partial charge in [0.2, 0.25) is 0 Å². The average Bonchev–Trinajstić information content (AvgIpc) is 2.88. The molecule has 0 radical (unpaired) electrons. The van der Waals surface area contributed by atoms with E-state index in [2.05, 4.69) is 29.6 Å². The summed E-state index contributed by atoms with van der Waals surface area (Å²) in [5.74, 6) is 0. The normalized spacial score (nSPS) is 16.7. The molecule has 14 heavy (non-hydrogen) atoms. The lowest BCUT2D eigenvalue weighted by Crippen LogP contribution is -2.31. The molecule has 1 aliphatic rings. The van der Waals surface area contributed by atoms with Crippen molar-refractivity contribution in [2.24, 2.45) is 0 Å². The Morgan fingerprint density at radius 2 is 2.00 bits per heavy atom. The maximum atomic E-state index is 5.45. The number of hydrogen-bond acceptors (Lipinski definition) is 3. The molecule has 1 aromatic heterocycles. The molecule has 4 heteroatoms. The van der Waals surface area contributed by atoms with Gasteiger partial charge in [-0.15, -0.1) is 11.3 Å². The summed E-state index contributed by atoms with van der Waals surface area (Å²) < 4.78 is 12.2. The maximum Gasteiger partial charge on any atom is 0.494 e. The van der Waals surface area contributed by atoms with Crippen LogP contribution in [0.25, 0.3) is 10.1 Å². The third-order valence-corrected chi connectivity index (χ3v) is 3.27. The van der Waals surface area contributed by atoms with E-state index in [0.717, 1.165) is 5.46 Å². The fraction of sp³-hybridized carbons (Fsp3) is 0.200. The minimum absolute atomic E-state index is 0.153. The summed E-state index contributed by atoms with van der Waals surface area (Å²) >= 11 is 1.76. The first kappa shape index (κ1) is 8.47. The second-order valence-corrected chi connectivity index (χ2v) is 4.24. The fourth-order valence-electron chi connectivity index (χ4n) is 1.68. The van der Waals surface area contributed by atoms with Crippen molar-refractivity contribution in [3.63, 3.8) is 0 Å². The van der Waals surface area contributed by atoms with Crippen LogP contribution in [-0.2, 0) is 9.31 Å². The first-order chi connectivity index (χ1) is 6.93. The zero-order valence-corrected chi connectivity index (χ0v) is 8.42. The highest BCUT2D eigenvalue weighted by molar-refractivity contribution is 7.17. The zero-order valence-electron chi connectivity index (χ0n) is 7.60. The summed E-state index contributed by atoms with van der Waals surface area (Å²) in [5, 5.41) is 3.37. The molecule has 3 rings (SSSR count). The summed E-state index contributed by atoms with van der Waals surface area (Å²) in [6, 6.07) is 8.47. The molecular weight excluding hydrogens is 195 g/mol. The monoisotopic (exact) mass is 204 g/mol. The van der Waals surface area contributed by atoms with Crippen molar-refractivity contribution in [3.05, 3.63) is 29.6 Å². The number of thiophene rings is 1. The SMILES string of the molecule is c1cc2cc(B3OCCO3)ccc2s1. The Bertz CT molecular complexity index is 448. The predicted molar refractivity (Wildman–Crippen MR) is 59.1 cm³/mol. The number of benzene rings is 1. The van der Waals surface area contributed by atoms with E-state index in [1.54, 1.807) is 11.3 Å². The number of rotatable bonds is 1. The number of fused-ring (bicyclic) bond motifs is 1. The number of hydrogen-bond donors (Lipinski definition) is 0. The molecule has 1 fully saturated rings. The lowest BCUT2D eigenvalue weighted by molar-refractivity contribution is 0.365. The van der Waals surface area contributed by atoms with E-state index in [-0.39, 0.29) is 7.12 Å². The molecule has 1 aromatic carbocycles. The first-order valence-corrected chi connectivity index (χ1v) is 5.52. The van der Waals surface area contributed by atoms with E-state index in [4.69, 9.17) is 9.31 Å². The van der Waals surface area contributed by atoms with Gasteiger partial charge >= 0.3 is 7.12 Å². The van der Waals surface area contributed by atoms with Gasteiger partial charge in [-0.1, -0.05) is 12.1 Å². The van der Waals surface area contributed by atoms with Crippen LogP contribution in [0.5, 0.6) is 0 Å². The van der Waals surface area contributed by atoms with Crippen LogP contribution in [0.15, 0.2) is 29.6 Å². The van der Waals surface area contributed by atoms with Crippen molar-refractivity contribution in [3.8, 4) is 0 Å². The Hall–Kier alpha value is -0.835. The van der Waals surface area contributed by atoms with E-state index in [0.29, 0.717) is 13.2 Å². The highest BCUT2D eigenvalue weighted by atomic mass is 32.1. The lowest BCUT2D eigenvalue weighted by atomic mass is 9.79. The van der Waals surface area contributed by atoms with Crippen molar-refractivity contribution in [1.29, 1.82) is 0 Å². The van der Waals surface area contributed by atoms with Crippen molar-refractivity contribution < 1.29 is 9.31 Å². The van der Waals surface area contributed by atoms with Crippen LogP contribution in [0.2, 0.25) is 0 Å². The first-order valence-electron chi connectivity index (χ1n) is 4.64. The van der Waals surface area contributed by atoms with Gasteiger partial charge in [-0.25, -0.2) is 0 Å². The molecule has 0 unspecified atom stereocenters. The quantitative estimate of drug-likeness (QED) is 0.657.